The topological polar surface area (TPSA) is 75.3 Å². The van der Waals surface area contributed by atoms with E-state index in [9.17, 15) is 9.90 Å². The lowest BCUT2D eigenvalue weighted by atomic mass is 9.97. The minimum Gasteiger partial charge on any atom is -0.398 e. The second kappa shape index (κ2) is 5.21. The Labute approximate surface area is 114 Å². The summed E-state index contributed by atoms with van der Waals surface area (Å²) in [7, 11) is 0. The van der Waals surface area contributed by atoms with Crippen LogP contribution in [0.25, 0.3) is 0 Å². The van der Waals surface area contributed by atoms with E-state index in [2.05, 4.69) is 5.32 Å². The van der Waals surface area contributed by atoms with Crippen LogP contribution in [0, 0.1) is 13.8 Å². The lowest BCUT2D eigenvalue weighted by molar-refractivity contribution is 0.0838. The molecule has 4 heteroatoms. The highest BCUT2D eigenvalue weighted by molar-refractivity contribution is 5.97. The molecule has 4 nitrogen and oxygen atoms in total. The SMILES string of the molecule is Cc1cc(C)c(C(=O)NC2(CO)CCCC2)cc1N. The van der Waals surface area contributed by atoms with Gasteiger partial charge in [0.2, 0.25) is 0 Å². The van der Waals surface area contributed by atoms with Crippen LogP contribution in [-0.2, 0) is 0 Å². The number of carbonyl (C=O) groups excluding carboxylic acids is 1. The molecule has 1 aromatic rings. The minimum absolute atomic E-state index is 0.000862. The van der Waals surface area contributed by atoms with Crippen LogP contribution in [0.2, 0.25) is 0 Å². The number of rotatable bonds is 3. The van der Waals surface area contributed by atoms with Gasteiger partial charge in [-0.25, -0.2) is 0 Å². The van der Waals surface area contributed by atoms with E-state index < -0.39 is 5.54 Å². The molecule has 1 amide bonds. The predicted molar refractivity (Wildman–Crippen MR) is 76.1 cm³/mol. The monoisotopic (exact) mass is 262 g/mol. The average molecular weight is 262 g/mol. The van der Waals surface area contributed by atoms with Gasteiger partial charge in [-0.3, -0.25) is 4.79 Å². The number of nitrogens with one attached hydrogen (secondary N) is 1. The predicted octanol–water partition coefficient (Wildman–Crippen LogP) is 1.92. The molecule has 4 N–H and O–H groups in total. The van der Waals surface area contributed by atoms with Gasteiger partial charge >= 0.3 is 0 Å². The molecule has 1 fully saturated rings. The molecule has 1 saturated carbocycles. The Morgan fingerprint density at radius 1 is 1.32 bits per heavy atom. The van der Waals surface area contributed by atoms with Crippen LogP contribution in [0.15, 0.2) is 12.1 Å². The Kier molecular flexibility index (Phi) is 3.80. The number of hydrogen-bond acceptors (Lipinski definition) is 3. The smallest absolute Gasteiger partial charge is 0.252 e. The summed E-state index contributed by atoms with van der Waals surface area (Å²) in [6.07, 6.45) is 3.79. The molecule has 0 spiro atoms. The molecule has 0 heterocycles. The van der Waals surface area contributed by atoms with Crippen LogP contribution >= 0.6 is 0 Å². The van der Waals surface area contributed by atoms with Crippen LogP contribution in [0.5, 0.6) is 0 Å². The molecule has 1 aromatic carbocycles. The molecule has 104 valence electrons. The molecule has 0 bridgehead atoms. The lowest BCUT2D eigenvalue weighted by Gasteiger charge is -2.28. The highest BCUT2D eigenvalue weighted by atomic mass is 16.3. The van der Waals surface area contributed by atoms with Crippen molar-refractivity contribution in [2.75, 3.05) is 12.3 Å². The van der Waals surface area contributed by atoms with Crippen molar-refractivity contribution in [3.05, 3.63) is 28.8 Å². The van der Waals surface area contributed by atoms with Crippen molar-refractivity contribution in [1.82, 2.24) is 5.32 Å². The Morgan fingerprint density at radius 3 is 2.53 bits per heavy atom. The first kappa shape index (κ1) is 13.9. The van der Waals surface area contributed by atoms with Crippen molar-refractivity contribution in [2.24, 2.45) is 0 Å². The number of benzene rings is 1. The first-order valence-electron chi connectivity index (χ1n) is 6.77. The number of carbonyl (C=O) groups is 1. The molecule has 0 radical (unpaired) electrons. The summed E-state index contributed by atoms with van der Waals surface area (Å²) >= 11 is 0. The van der Waals surface area contributed by atoms with Gasteiger partial charge in [-0.1, -0.05) is 18.9 Å². The molecule has 2 rings (SSSR count). The van der Waals surface area contributed by atoms with Crippen molar-refractivity contribution in [2.45, 2.75) is 45.1 Å². The number of aliphatic hydroxyl groups is 1. The summed E-state index contributed by atoms with van der Waals surface area (Å²) in [5.41, 5.74) is 8.55. The van der Waals surface area contributed by atoms with E-state index in [1.54, 1.807) is 6.07 Å². The Balaban J connectivity index is 2.22. The summed E-state index contributed by atoms with van der Waals surface area (Å²) in [4.78, 5) is 12.4. The summed E-state index contributed by atoms with van der Waals surface area (Å²) in [5.74, 6) is -0.139. The third kappa shape index (κ3) is 2.73. The zero-order chi connectivity index (χ0) is 14.0. The van der Waals surface area contributed by atoms with Gasteiger partial charge in [0.15, 0.2) is 0 Å². The number of nitrogens with two attached hydrogens (primary N) is 1. The first-order chi connectivity index (χ1) is 8.97. The van der Waals surface area contributed by atoms with Gasteiger partial charge in [0.1, 0.15) is 0 Å². The Hall–Kier alpha value is -1.55. The second-order valence-electron chi connectivity index (χ2n) is 5.62. The summed E-state index contributed by atoms with van der Waals surface area (Å²) in [6, 6.07) is 3.64. The van der Waals surface area contributed by atoms with Gasteiger partial charge in [-0.05, 0) is 43.9 Å². The Morgan fingerprint density at radius 2 is 1.95 bits per heavy atom. The maximum absolute atomic E-state index is 12.4. The maximum Gasteiger partial charge on any atom is 0.252 e. The van der Waals surface area contributed by atoms with Crippen molar-refractivity contribution in [3.63, 3.8) is 0 Å². The molecule has 0 unspecified atom stereocenters. The van der Waals surface area contributed by atoms with Crippen LogP contribution in [-0.4, -0.2) is 23.2 Å². The van der Waals surface area contributed by atoms with Gasteiger partial charge in [-0.15, -0.1) is 0 Å². The van der Waals surface area contributed by atoms with Gasteiger partial charge < -0.3 is 16.2 Å². The van der Waals surface area contributed by atoms with Crippen molar-refractivity contribution >= 4 is 11.6 Å². The quantitative estimate of drug-likeness (QED) is 0.728. The molecule has 1 aliphatic carbocycles. The third-order valence-electron chi connectivity index (χ3n) is 4.10. The number of nitrogen functional groups attached to an aromatic ring is 1. The van der Waals surface area contributed by atoms with E-state index >= 15 is 0 Å². The second-order valence-corrected chi connectivity index (χ2v) is 5.62. The fourth-order valence-electron chi connectivity index (χ4n) is 2.80. The molecular formula is C15H22N2O2. The zero-order valence-electron chi connectivity index (χ0n) is 11.6. The summed E-state index contributed by atoms with van der Waals surface area (Å²) in [5, 5.41) is 12.5. The lowest BCUT2D eigenvalue weighted by Crippen LogP contribution is -2.49. The normalized spacial score (nSPS) is 17.4. The fourth-order valence-corrected chi connectivity index (χ4v) is 2.80. The molecule has 0 aromatic heterocycles. The summed E-state index contributed by atoms with van der Waals surface area (Å²) in [6.45, 7) is 3.83. The number of aliphatic hydroxyl groups excluding tert-OH is 1. The van der Waals surface area contributed by atoms with Crippen LogP contribution < -0.4 is 11.1 Å². The largest absolute Gasteiger partial charge is 0.398 e. The van der Waals surface area contributed by atoms with Gasteiger partial charge in [0.25, 0.3) is 5.91 Å². The van der Waals surface area contributed by atoms with Crippen LogP contribution in [0.3, 0.4) is 0 Å². The van der Waals surface area contributed by atoms with Gasteiger partial charge in [0, 0.05) is 11.3 Å². The van der Waals surface area contributed by atoms with E-state index in [4.69, 9.17) is 5.73 Å². The van der Waals surface area contributed by atoms with E-state index in [1.165, 1.54) is 0 Å². The van der Waals surface area contributed by atoms with Gasteiger partial charge in [0.05, 0.1) is 12.1 Å². The summed E-state index contributed by atoms with van der Waals surface area (Å²) < 4.78 is 0. The van der Waals surface area contributed by atoms with Gasteiger partial charge in [-0.2, -0.15) is 0 Å². The first-order valence-corrected chi connectivity index (χ1v) is 6.77. The molecule has 0 aliphatic heterocycles. The highest BCUT2D eigenvalue weighted by Gasteiger charge is 2.35. The molecule has 19 heavy (non-hydrogen) atoms. The van der Waals surface area contributed by atoms with Crippen LogP contribution in [0.4, 0.5) is 5.69 Å². The molecule has 0 atom stereocenters. The highest BCUT2D eigenvalue weighted by Crippen LogP contribution is 2.30. The number of anilines is 1. The van der Waals surface area contributed by atoms with Crippen LogP contribution in [0.1, 0.15) is 47.2 Å². The maximum atomic E-state index is 12.4. The average Bonchev–Trinajstić information content (AvgIpc) is 2.83. The number of hydrogen-bond donors (Lipinski definition) is 3. The number of aryl methyl sites for hydroxylation is 2. The van der Waals surface area contributed by atoms with Crippen molar-refractivity contribution in [3.8, 4) is 0 Å². The van der Waals surface area contributed by atoms with E-state index in [0.717, 1.165) is 36.8 Å². The standard InChI is InChI=1S/C15H22N2O2/c1-10-7-11(2)13(16)8-12(10)14(19)17-15(9-18)5-3-4-6-15/h7-8,18H,3-6,9,16H2,1-2H3,(H,17,19). The van der Waals surface area contributed by atoms with Crippen molar-refractivity contribution in [1.29, 1.82) is 0 Å². The van der Waals surface area contributed by atoms with E-state index in [-0.39, 0.29) is 12.5 Å². The molecule has 0 saturated heterocycles. The molecular weight excluding hydrogens is 240 g/mol. The Bertz CT molecular complexity index is 491. The number of amides is 1. The van der Waals surface area contributed by atoms with Crippen molar-refractivity contribution < 1.29 is 9.90 Å². The van der Waals surface area contributed by atoms with E-state index in [1.807, 2.05) is 19.9 Å². The zero-order valence-corrected chi connectivity index (χ0v) is 11.6. The minimum atomic E-state index is -0.441. The fraction of sp³-hybridized carbons (Fsp3) is 0.533. The van der Waals surface area contributed by atoms with E-state index in [0.29, 0.717) is 11.3 Å². The third-order valence-corrected chi connectivity index (χ3v) is 4.10. The molecule has 1 aliphatic rings.